The highest BCUT2D eigenvalue weighted by molar-refractivity contribution is 7.58. The summed E-state index contributed by atoms with van der Waals surface area (Å²) in [6.45, 7) is 5.02. The maximum atomic E-state index is 13.0. The zero-order valence-corrected chi connectivity index (χ0v) is 27.8. The van der Waals surface area contributed by atoms with Crippen LogP contribution in [0.25, 0.3) is 0 Å². The van der Waals surface area contributed by atoms with E-state index in [1.807, 2.05) is 0 Å². The van der Waals surface area contributed by atoms with E-state index in [2.05, 4.69) is 27.8 Å². The topological polar surface area (TPSA) is 192 Å². The first-order valence-corrected chi connectivity index (χ1v) is 20.5. The Morgan fingerprint density at radius 2 is 1.09 bits per heavy atom. The normalized spacial score (nSPS) is 19.7. The van der Waals surface area contributed by atoms with Crippen molar-refractivity contribution in [1.29, 1.82) is 0 Å². The molecule has 3 unspecified atom stereocenters. The first-order chi connectivity index (χ1) is 20.2. The van der Waals surface area contributed by atoms with Crippen LogP contribution in [0.1, 0.15) is 26.2 Å². The number of hydrogen-bond donors (Lipinski definition) is 6. The van der Waals surface area contributed by atoms with Gasteiger partial charge in [0.25, 0.3) is 0 Å². The standard InChI is InChI=1S/C26H49N6O8P3/c1-4-10-27-12-7-19-41(35,36)22-30-13-15-31(23-42(37,38)20-8-25(33)28-6-3)17-18-32(16-14-30)24-43(39,40)21-9-26(34)29-11-5-2/h1-2,27H,6-24H2,3H3,(H,28,33)(H,29,34)(H,35,36)(H,37,38)(H,39,40). The van der Waals surface area contributed by atoms with Gasteiger partial charge in [0.2, 0.25) is 33.9 Å². The predicted octanol–water partition coefficient (Wildman–Crippen LogP) is -0.132. The van der Waals surface area contributed by atoms with Crippen LogP contribution in [0.2, 0.25) is 0 Å². The van der Waals surface area contributed by atoms with Crippen molar-refractivity contribution < 1.29 is 38.0 Å². The van der Waals surface area contributed by atoms with Gasteiger partial charge in [0, 0.05) is 77.1 Å². The Morgan fingerprint density at radius 1 is 0.698 bits per heavy atom. The molecule has 0 bridgehead atoms. The molecule has 1 heterocycles. The Labute approximate surface area is 256 Å². The van der Waals surface area contributed by atoms with Gasteiger partial charge in [-0.1, -0.05) is 11.8 Å². The van der Waals surface area contributed by atoms with Gasteiger partial charge < -0.3 is 30.6 Å². The lowest BCUT2D eigenvalue weighted by atomic mass is 10.4. The van der Waals surface area contributed by atoms with Crippen molar-refractivity contribution in [2.24, 2.45) is 0 Å². The first kappa shape index (κ1) is 39.5. The van der Waals surface area contributed by atoms with E-state index in [4.69, 9.17) is 12.8 Å². The molecule has 0 aromatic rings. The molecule has 1 saturated heterocycles. The zero-order valence-electron chi connectivity index (χ0n) is 25.2. The van der Waals surface area contributed by atoms with Crippen molar-refractivity contribution in [1.82, 2.24) is 30.7 Å². The molecule has 1 rings (SSSR count). The van der Waals surface area contributed by atoms with E-state index in [1.54, 1.807) is 21.6 Å². The van der Waals surface area contributed by atoms with E-state index in [-0.39, 0.29) is 62.6 Å². The van der Waals surface area contributed by atoms with Crippen molar-refractivity contribution in [3.8, 4) is 24.7 Å². The second-order valence-electron chi connectivity index (χ2n) is 10.7. The largest absolute Gasteiger partial charge is 0.356 e. The molecule has 1 fully saturated rings. The minimum atomic E-state index is -3.77. The molecule has 0 aromatic carbocycles. The lowest BCUT2D eigenvalue weighted by molar-refractivity contribution is -0.121. The average Bonchev–Trinajstić information content (AvgIpc) is 3.00. The fraction of sp³-hybridized carbons (Fsp3) is 0.769. The third kappa shape index (κ3) is 19.5. The van der Waals surface area contributed by atoms with E-state index >= 15 is 0 Å². The molecule has 43 heavy (non-hydrogen) atoms. The predicted molar refractivity (Wildman–Crippen MR) is 169 cm³/mol. The number of carbonyl (C=O) groups excluding carboxylic acids is 2. The summed E-state index contributed by atoms with van der Waals surface area (Å²) in [6, 6.07) is 0. The minimum Gasteiger partial charge on any atom is -0.356 e. The van der Waals surface area contributed by atoms with Gasteiger partial charge in [-0.25, -0.2) is 0 Å². The molecule has 17 heteroatoms. The zero-order chi connectivity index (χ0) is 32.4. The van der Waals surface area contributed by atoms with Crippen LogP contribution in [0.4, 0.5) is 0 Å². The molecule has 1 aliphatic rings. The third-order valence-electron chi connectivity index (χ3n) is 6.69. The third-order valence-corrected chi connectivity index (χ3v) is 12.1. The molecular weight excluding hydrogens is 617 g/mol. The van der Waals surface area contributed by atoms with E-state index in [0.29, 0.717) is 65.3 Å². The fourth-order valence-electron chi connectivity index (χ4n) is 4.45. The maximum absolute atomic E-state index is 13.0. The Kier molecular flexibility index (Phi) is 18.8. The molecule has 6 N–H and O–H groups in total. The summed E-state index contributed by atoms with van der Waals surface area (Å²) < 4.78 is 39.0. The summed E-state index contributed by atoms with van der Waals surface area (Å²) in [5.74, 6) is 3.99. The first-order valence-electron chi connectivity index (χ1n) is 14.4. The van der Waals surface area contributed by atoms with Crippen LogP contribution in [0.3, 0.4) is 0 Å². The number of carbonyl (C=O) groups is 2. The Morgan fingerprint density at radius 3 is 1.49 bits per heavy atom. The number of nitrogens with zero attached hydrogens (tertiary/aromatic N) is 3. The van der Waals surface area contributed by atoms with Crippen molar-refractivity contribution in [2.45, 2.75) is 26.2 Å². The Balaban J connectivity index is 2.96. The van der Waals surface area contributed by atoms with Gasteiger partial charge in [-0.2, -0.15) is 0 Å². The highest BCUT2D eigenvalue weighted by Crippen LogP contribution is 2.44. The minimum absolute atomic E-state index is 0.0283. The number of nitrogens with one attached hydrogen (secondary N) is 3. The smallest absolute Gasteiger partial charge is 0.221 e. The molecule has 3 atom stereocenters. The second kappa shape index (κ2) is 20.5. The van der Waals surface area contributed by atoms with Crippen LogP contribution in [0.5, 0.6) is 0 Å². The van der Waals surface area contributed by atoms with E-state index in [0.717, 1.165) is 0 Å². The van der Waals surface area contributed by atoms with E-state index in [1.165, 1.54) is 0 Å². The van der Waals surface area contributed by atoms with Crippen molar-refractivity contribution >= 4 is 33.9 Å². The van der Waals surface area contributed by atoms with Gasteiger partial charge in [-0.3, -0.25) is 38.0 Å². The quantitative estimate of drug-likeness (QED) is 0.0609. The molecule has 1 aliphatic heterocycles. The highest BCUT2D eigenvalue weighted by Gasteiger charge is 2.30. The number of rotatable bonds is 19. The summed E-state index contributed by atoms with van der Waals surface area (Å²) in [5, 5.41) is 8.07. The lowest BCUT2D eigenvalue weighted by Crippen LogP contribution is -2.37. The van der Waals surface area contributed by atoms with Gasteiger partial charge in [0.15, 0.2) is 0 Å². The van der Waals surface area contributed by atoms with Crippen molar-refractivity contribution in [2.75, 3.05) is 103 Å². The van der Waals surface area contributed by atoms with E-state index < -0.39 is 28.0 Å². The number of hydrogen-bond acceptors (Lipinski definition) is 9. The molecule has 246 valence electrons. The summed E-state index contributed by atoms with van der Waals surface area (Å²) in [4.78, 5) is 61.0. The molecule has 0 saturated carbocycles. The van der Waals surface area contributed by atoms with Crippen LogP contribution < -0.4 is 16.0 Å². The summed E-state index contributed by atoms with van der Waals surface area (Å²) in [7, 11) is -11.0. The van der Waals surface area contributed by atoms with Crippen molar-refractivity contribution in [3.63, 3.8) is 0 Å². The number of terminal acetylenes is 2. The Hall–Kier alpha value is -1.53. The second-order valence-corrected chi connectivity index (χ2v) is 17.9. The average molecular weight is 667 g/mol. The monoisotopic (exact) mass is 666 g/mol. The fourth-order valence-corrected chi connectivity index (χ4v) is 9.35. The SMILES string of the molecule is C#CCNCCCP(=O)(O)CN1CCN(CP(=O)(O)CCC(=O)NCC)CCN(CP(=O)(O)CCC(=O)NCC#C)CC1. The molecule has 0 aliphatic carbocycles. The van der Waals surface area contributed by atoms with Crippen LogP contribution in [-0.4, -0.2) is 144 Å². The molecule has 2 amide bonds. The van der Waals surface area contributed by atoms with Gasteiger partial charge in [0.1, 0.15) is 0 Å². The summed E-state index contributed by atoms with van der Waals surface area (Å²) in [5.41, 5.74) is 0. The van der Waals surface area contributed by atoms with Crippen LogP contribution in [0, 0.1) is 24.7 Å². The van der Waals surface area contributed by atoms with Gasteiger partial charge in [-0.15, -0.1) is 12.8 Å². The molecule has 0 spiro atoms. The van der Waals surface area contributed by atoms with E-state index in [9.17, 15) is 38.0 Å². The van der Waals surface area contributed by atoms with Gasteiger partial charge >= 0.3 is 0 Å². The number of amides is 2. The molecule has 14 nitrogen and oxygen atoms in total. The molecule has 0 radical (unpaired) electrons. The van der Waals surface area contributed by atoms with Crippen LogP contribution >= 0.6 is 22.1 Å². The summed E-state index contributed by atoms with van der Waals surface area (Å²) in [6.07, 6.45) is 9.74. The Bertz CT molecular complexity index is 1110. The van der Waals surface area contributed by atoms with Gasteiger partial charge in [0.05, 0.1) is 31.9 Å². The van der Waals surface area contributed by atoms with Crippen LogP contribution in [-0.2, 0) is 23.3 Å². The lowest BCUT2D eigenvalue weighted by Gasteiger charge is -2.28. The molecule has 0 aromatic heterocycles. The summed E-state index contributed by atoms with van der Waals surface area (Å²) >= 11 is 0. The highest BCUT2D eigenvalue weighted by atomic mass is 31.2. The van der Waals surface area contributed by atoms with Crippen LogP contribution in [0.15, 0.2) is 0 Å². The maximum Gasteiger partial charge on any atom is 0.221 e. The van der Waals surface area contributed by atoms with Gasteiger partial charge in [-0.05, 0) is 19.9 Å². The van der Waals surface area contributed by atoms with Crippen molar-refractivity contribution in [3.05, 3.63) is 0 Å². The molecular formula is C26H49N6O8P3.